The summed E-state index contributed by atoms with van der Waals surface area (Å²) in [6.45, 7) is 6.74. The number of amides is 2. The van der Waals surface area contributed by atoms with E-state index < -0.39 is 0 Å². The van der Waals surface area contributed by atoms with Crippen molar-refractivity contribution in [2.75, 3.05) is 13.2 Å². The average Bonchev–Trinajstić information content (AvgIpc) is 2.02. The maximum absolute atomic E-state index is 11.0. The van der Waals surface area contributed by atoms with E-state index in [2.05, 4.69) is 31.4 Å². The number of hydrogen-bond acceptors (Lipinski definition) is 2. The van der Waals surface area contributed by atoms with E-state index in [1.54, 1.807) is 6.20 Å². The van der Waals surface area contributed by atoms with Gasteiger partial charge in [-0.15, -0.1) is 0 Å². The van der Waals surface area contributed by atoms with Gasteiger partial charge in [-0.25, -0.2) is 4.79 Å². The van der Waals surface area contributed by atoms with Gasteiger partial charge in [0.1, 0.15) is 0 Å². The average molecular weight is 200 g/mol. The van der Waals surface area contributed by atoms with E-state index in [9.17, 15) is 4.79 Å². The second-order valence-electron chi connectivity index (χ2n) is 4.18. The summed E-state index contributed by atoms with van der Waals surface area (Å²) in [7, 11) is 0. The summed E-state index contributed by atoms with van der Waals surface area (Å²) in [5.41, 5.74) is 0.0678. The Morgan fingerprint density at radius 1 is 1.43 bits per heavy atom. The van der Waals surface area contributed by atoms with Crippen LogP contribution in [-0.4, -0.2) is 24.3 Å². The number of carbonyl (C=O) groups is 1. The third kappa shape index (κ3) is 9.06. The molecule has 0 aromatic rings. The first-order valence-electron chi connectivity index (χ1n) is 4.78. The van der Waals surface area contributed by atoms with Crippen LogP contribution in [0.1, 0.15) is 27.2 Å². The predicted octanol–water partition coefficient (Wildman–Crippen LogP) is 1.23. The van der Waals surface area contributed by atoms with Crippen LogP contribution in [0.15, 0.2) is 12.3 Å². The largest absolute Gasteiger partial charge is 0.396 e. The number of allylic oxidation sites excluding steroid dienone is 1. The number of urea groups is 1. The zero-order valence-electron chi connectivity index (χ0n) is 9.13. The van der Waals surface area contributed by atoms with Crippen LogP contribution in [-0.2, 0) is 0 Å². The lowest BCUT2D eigenvalue weighted by Gasteiger charge is -2.11. The Morgan fingerprint density at radius 2 is 2.07 bits per heavy atom. The van der Waals surface area contributed by atoms with Crippen LogP contribution in [0, 0.1) is 5.41 Å². The van der Waals surface area contributed by atoms with Crippen molar-refractivity contribution in [1.29, 1.82) is 0 Å². The van der Waals surface area contributed by atoms with Gasteiger partial charge in [-0.1, -0.05) is 26.8 Å². The number of aliphatic hydroxyl groups is 1. The highest BCUT2D eigenvalue weighted by Crippen LogP contribution is 2.13. The van der Waals surface area contributed by atoms with Crippen LogP contribution in [0.3, 0.4) is 0 Å². The molecule has 0 aliphatic rings. The summed E-state index contributed by atoms with van der Waals surface area (Å²) in [6.07, 6.45) is 4.13. The van der Waals surface area contributed by atoms with Gasteiger partial charge in [-0.2, -0.15) is 0 Å². The van der Waals surface area contributed by atoms with E-state index in [1.807, 2.05) is 6.08 Å². The molecule has 0 aliphatic carbocycles. The second-order valence-corrected chi connectivity index (χ2v) is 4.18. The number of aliphatic hydroxyl groups excluding tert-OH is 1. The molecule has 14 heavy (non-hydrogen) atoms. The van der Waals surface area contributed by atoms with Gasteiger partial charge in [-0.05, 0) is 11.8 Å². The molecule has 3 N–H and O–H groups in total. The van der Waals surface area contributed by atoms with Gasteiger partial charge >= 0.3 is 6.03 Å². The van der Waals surface area contributed by atoms with Crippen molar-refractivity contribution in [3.63, 3.8) is 0 Å². The molecule has 0 aliphatic heterocycles. The summed E-state index contributed by atoms with van der Waals surface area (Å²) in [6, 6.07) is -0.237. The topological polar surface area (TPSA) is 61.4 Å². The number of carbonyl (C=O) groups excluding carboxylic acids is 1. The zero-order valence-corrected chi connectivity index (χ0v) is 9.13. The fraction of sp³-hybridized carbons (Fsp3) is 0.700. The maximum Gasteiger partial charge on any atom is 0.318 e. The van der Waals surface area contributed by atoms with Crippen LogP contribution in [0.4, 0.5) is 4.79 Å². The summed E-state index contributed by atoms with van der Waals surface area (Å²) in [4.78, 5) is 11.0. The van der Waals surface area contributed by atoms with Crippen molar-refractivity contribution >= 4 is 6.03 Å². The normalized spacial score (nSPS) is 11.7. The zero-order chi connectivity index (χ0) is 11.0. The minimum absolute atomic E-state index is 0.0678. The number of rotatable bonds is 4. The van der Waals surface area contributed by atoms with Gasteiger partial charge in [0.2, 0.25) is 0 Å². The summed E-state index contributed by atoms with van der Waals surface area (Å²) in [5.74, 6) is 0. The van der Waals surface area contributed by atoms with E-state index in [1.165, 1.54) is 0 Å². The van der Waals surface area contributed by atoms with Crippen molar-refractivity contribution in [2.24, 2.45) is 5.41 Å². The Balaban J connectivity index is 3.59. The Kier molecular flexibility index (Phi) is 5.95. The lowest BCUT2D eigenvalue weighted by molar-refractivity contribution is 0.241. The maximum atomic E-state index is 11.0. The van der Waals surface area contributed by atoms with Crippen LogP contribution >= 0.6 is 0 Å². The molecule has 0 aromatic heterocycles. The van der Waals surface area contributed by atoms with Gasteiger partial charge in [0.25, 0.3) is 0 Å². The highest BCUT2D eigenvalue weighted by molar-refractivity contribution is 5.74. The van der Waals surface area contributed by atoms with Crippen molar-refractivity contribution in [3.05, 3.63) is 12.3 Å². The molecule has 0 bridgehead atoms. The molecule has 4 heteroatoms. The minimum atomic E-state index is -0.237. The molecular formula is C10H20N2O2. The molecule has 0 unspecified atom stereocenters. The van der Waals surface area contributed by atoms with Gasteiger partial charge in [0, 0.05) is 19.4 Å². The monoisotopic (exact) mass is 200 g/mol. The van der Waals surface area contributed by atoms with Gasteiger partial charge in [0.05, 0.1) is 0 Å². The molecule has 82 valence electrons. The molecule has 0 saturated carbocycles. The molecule has 0 fully saturated rings. The highest BCUT2D eigenvalue weighted by Gasteiger charge is 2.03. The van der Waals surface area contributed by atoms with Crippen molar-refractivity contribution in [2.45, 2.75) is 27.2 Å². The Labute approximate surface area is 85.4 Å². The standard InChI is InChI=1S/C10H20N2O2/c1-10(2,3)5-7-12-9(14)11-6-4-8-13/h5,7,13H,4,6,8H2,1-3H3,(H2,11,12,14)/b7-5+. The van der Waals surface area contributed by atoms with E-state index in [4.69, 9.17) is 5.11 Å². The predicted molar refractivity (Wildman–Crippen MR) is 56.8 cm³/mol. The Morgan fingerprint density at radius 3 is 2.57 bits per heavy atom. The highest BCUT2D eigenvalue weighted by atomic mass is 16.3. The first-order chi connectivity index (χ1) is 6.45. The molecular weight excluding hydrogens is 180 g/mol. The van der Waals surface area contributed by atoms with Crippen LogP contribution in [0.2, 0.25) is 0 Å². The van der Waals surface area contributed by atoms with Crippen molar-refractivity contribution in [1.82, 2.24) is 10.6 Å². The smallest absolute Gasteiger partial charge is 0.318 e. The molecule has 0 rings (SSSR count). The molecule has 0 saturated heterocycles. The third-order valence-electron chi connectivity index (χ3n) is 1.42. The molecule has 0 atom stereocenters. The first kappa shape index (κ1) is 13.0. The fourth-order valence-corrected chi connectivity index (χ4v) is 0.699. The summed E-state index contributed by atoms with van der Waals surface area (Å²) >= 11 is 0. The molecule has 0 heterocycles. The molecule has 0 radical (unpaired) electrons. The lowest BCUT2D eigenvalue weighted by atomic mass is 9.97. The van der Waals surface area contributed by atoms with E-state index in [0.29, 0.717) is 13.0 Å². The van der Waals surface area contributed by atoms with Crippen LogP contribution in [0.25, 0.3) is 0 Å². The number of nitrogens with one attached hydrogen (secondary N) is 2. The summed E-state index contributed by atoms with van der Waals surface area (Å²) < 4.78 is 0. The van der Waals surface area contributed by atoms with Gasteiger partial charge < -0.3 is 15.7 Å². The van der Waals surface area contributed by atoms with E-state index in [-0.39, 0.29) is 18.1 Å². The molecule has 0 aromatic carbocycles. The number of hydrogen-bond donors (Lipinski definition) is 3. The Bertz CT molecular complexity index is 195. The second kappa shape index (κ2) is 6.43. The first-order valence-corrected chi connectivity index (χ1v) is 4.78. The van der Waals surface area contributed by atoms with Gasteiger partial charge in [-0.3, -0.25) is 0 Å². The summed E-state index contributed by atoms with van der Waals surface area (Å²) in [5, 5.41) is 13.7. The van der Waals surface area contributed by atoms with E-state index >= 15 is 0 Å². The van der Waals surface area contributed by atoms with Crippen LogP contribution < -0.4 is 10.6 Å². The minimum Gasteiger partial charge on any atom is -0.396 e. The quantitative estimate of drug-likeness (QED) is 0.598. The van der Waals surface area contributed by atoms with Crippen molar-refractivity contribution < 1.29 is 9.90 Å². The van der Waals surface area contributed by atoms with Gasteiger partial charge in [0.15, 0.2) is 0 Å². The third-order valence-corrected chi connectivity index (χ3v) is 1.42. The van der Waals surface area contributed by atoms with E-state index in [0.717, 1.165) is 0 Å². The molecule has 4 nitrogen and oxygen atoms in total. The SMILES string of the molecule is CC(C)(C)/C=C/NC(=O)NCCCO. The fourth-order valence-electron chi connectivity index (χ4n) is 0.699. The Hall–Kier alpha value is -1.03. The lowest BCUT2D eigenvalue weighted by Crippen LogP contribution is -2.33. The molecule has 0 spiro atoms. The van der Waals surface area contributed by atoms with Crippen LogP contribution in [0.5, 0.6) is 0 Å². The van der Waals surface area contributed by atoms with Crippen molar-refractivity contribution in [3.8, 4) is 0 Å². The molecule has 2 amide bonds.